The topological polar surface area (TPSA) is 51.6 Å². The quantitative estimate of drug-likeness (QED) is 0.181. The molecule has 0 aliphatic rings. The summed E-state index contributed by atoms with van der Waals surface area (Å²) in [5, 5.41) is 7.34. The van der Waals surface area contributed by atoms with Crippen LogP contribution in [0.4, 0.5) is 0 Å². The first-order valence-corrected chi connectivity index (χ1v) is 16.1. The lowest BCUT2D eigenvalue weighted by Gasteiger charge is -2.16. The Morgan fingerprint density at radius 2 is 0.708 bits per heavy atom. The van der Waals surface area contributed by atoms with Crippen LogP contribution < -0.4 is 0 Å². The van der Waals surface area contributed by atoms with Crippen molar-refractivity contribution in [2.75, 3.05) is 0 Å². The summed E-state index contributed by atoms with van der Waals surface area (Å²) in [6.45, 7) is 0. The number of aromatic nitrogens is 4. The van der Waals surface area contributed by atoms with Gasteiger partial charge in [-0.05, 0) is 67.2 Å². The van der Waals surface area contributed by atoms with E-state index in [4.69, 9.17) is 19.9 Å². The molecule has 224 valence electrons. The molecular formula is C44H28N4. The zero-order valence-electron chi connectivity index (χ0n) is 26.0. The van der Waals surface area contributed by atoms with Crippen molar-refractivity contribution >= 4 is 32.3 Å². The molecule has 2 aromatic heterocycles. The third-order valence-electron chi connectivity index (χ3n) is 8.97. The highest BCUT2D eigenvalue weighted by molar-refractivity contribution is 6.23. The molecule has 2 heterocycles. The lowest BCUT2D eigenvalue weighted by molar-refractivity contribution is 1.06. The third-order valence-corrected chi connectivity index (χ3v) is 8.97. The predicted molar refractivity (Wildman–Crippen MR) is 197 cm³/mol. The van der Waals surface area contributed by atoms with Gasteiger partial charge in [-0.15, -0.1) is 0 Å². The number of nitrogens with zero attached hydrogens (tertiary/aromatic N) is 4. The summed E-state index contributed by atoms with van der Waals surface area (Å²) in [7, 11) is 0. The van der Waals surface area contributed by atoms with Gasteiger partial charge in [-0.1, -0.05) is 146 Å². The monoisotopic (exact) mass is 612 g/mol. The molecule has 0 saturated heterocycles. The van der Waals surface area contributed by atoms with Gasteiger partial charge in [0.2, 0.25) is 0 Å². The first-order valence-electron chi connectivity index (χ1n) is 16.1. The summed E-state index contributed by atoms with van der Waals surface area (Å²) in [5.74, 6) is 1.78. The fraction of sp³-hybridized carbons (Fsp3) is 0. The highest BCUT2D eigenvalue weighted by atomic mass is 15.0. The normalized spacial score (nSPS) is 11.3. The number of benzene rings is 7. The summed E-state index contributed by atoms with van der Waals surface area (Å²) in [6.07, 6.45) is 1.94. The Kier molecular flexibility index (Phi) is 6.76. The average molecular weight is 613 g/mol. The van der Waals surface area contributed by atoms with Crippen LogP contribution in [0.2, 0.25) is 0 Å². The molecule has 0 amide bonds. The SMILES string of the molecule is c1ccc(-c2nc(-c3ccccc3)nc(-c3ccc(-c4cc5c6ccccc6c(-c6ccccc6)cc5c5ccccc45)cn3)n2)cc1. The molecule has 0 bridgehead atoms. The highest BCUT2D eigenvalue weighted by Crippen LogP contribution is 2.41. The van der Waals surface area contributed by atoms with Crippen LogP contribution in [0.1, 0.15) is 0 Å². The minimum absolute atomic E-state index is 0.539. The van der Waals surface area contributed by atoms with Crippen molar-refractivity contribution in [1.82, 2.24) is 19.9 Å². The molecule has 7 aromatic carbocycles. The van der Waals surface area contributed by atoms with Crippen molar-refractivity contribution in [2.24, 2.45) is 0 Å². The second-order valence-corrected chi connectivity index (χ2v) is 11.9. The van der Waals surface area contributed by atoms with E-state index in [0.29, 0.717) is 23.2 Å². The van der Waals surface area contributed by atoms with E-state index >= 15 is 0 Å². The van der Waals surface area contributed by atoms with Crippen LogP contribution in [-0.2, 0) is 0 Å². The predicted octanol–water partition coefficient (Wildman–Crippen LogP) is 11.1. The van der Waals surface area contributed by atoms with Gasteiger partial charge in [0.15, 0.2) is 17.5 Å². The first-order chi connectivity index (χ1) is 23.8. The van der Waals surface area contributed by atoms with Crippen molar-refractivity contribution in [3.05, 3.63) is 170 Å². The van der Waals surface area contributed by atoms with Gasteiger partial charge in [-0.2, -0.15) is 0 Å². The minimum Gasteiger partial charge on any atom is -0.252 e. The van der Waals surface area contributed by atoms with Crippen molar-refractivity contribution < 1.29 is 0 Å². The largest absolute Gasteiger partial charge is 0.252 e. The van der Waals surface area contributed by atoms with Crippen LogP contribution >= 0.6 is 0 Å². The smallest absolute Gasteiger partial charge is 0.182 e. The van der Waals surface area contributed by atoms with Crippen molar-refractivity contribution in [1.29, 1.82) is 0 Å². The van der Waals surface area contributed by atoms with E-state index in [1.165, 1.54) is 43.4 Å². The second kappa shape index (κ2) is 11.7. The van der Waals surface area contributed by atoms with E-state index in [9.17, 15) is 0 Å². The number of pyridine rings is 1. The van der Waals surface area contributed by atoms with Gasteiger partial charge >= 0.3 is 0 Å². The molecule has 9 rings (SSSR count). The van der Waals surface area contributed by atoms with Crippen LogP contribution in [0.3, 0.4) is 0 Å². The highest BCUT2D eigenvalue weighted by Gasteiger charge is 2.16. The Labute approximate surface area is 278 Å². The van der Waals surface area contributed by atoms with Crippen molar-refractivity contribution in [3.8, 4) is 56.5 Å². The van der Waals surface area contributed by atoms with Crippen LogP contribution in [-0.4, -0.2) is 19.9 Å². The Morgan fingerprint density at radius 3 is 1.19 bits per heavy atom. The van der Waals surface area contributed by atoms with Crippen molar-refractivity contribution in [3.63, 3.8) is 0 Å². The molecule has 0 atom stereocenters. The number of hydrogen-bond donors (Lipinski definition) is 0. The zero-order chi connectivity index (χ0) is 31.9. The summed E-state index contributed by atoms with van der Waals surface area (Å²) < 4.78 is 0. The fourth-order valence-corrected chi connectivity index (χ4v) is 6.66. The van der Waals surface area contributed by atoms with E-state index in [0.717, 1.165) is 22.3 Å². The Morgan fingerprint density at radius 1 is 0.292 bits per heavy atom. The molecule has 4 nitrogen and oxygen atoms in total. The van der Waals surface area contributed by atoms with Gasteiger partial charge in [-0.25, -0.2) is 15.0 Å². The summed E-state index contributed by atoms with van der Waals surface area (Å²) >= 11 is 0. The summed E-state index contributed by atoms with van der Waals surface area (Å²) in [4.78, 5) is 19.5. The maximum atomic E-state index is 4.95. The third kappa shape index (κ3) is 4.88. The molecule has 0 radical (unpaired) electrons. The second-order valence-electron chi connectivity index (χ2n) is 11.9. The summed E-state index contributed by atoms with van der Waals surface area (Å²) in [5.41, 5.74) is 7.19. The van der Waals surface area contributed by atoms with Crippen LogP contribution in [0.15, 0.2) is 170 Å². The Hall–Kier alpha value is -6.52. The molecule has 0 N–H and O–H groups in total. The number of hydrogen-bond acceptors (Lipinski definition) is 4. The molecule has 0 aliphatic heterocycles. The molecule has 0 unspecified atom stereocenters. The molecule has 0 aliphatic carbocycles. The van der Waals surface area contributed by atoms with Crippen LogP contribution in [0.25, 0.3) is 88.9 Å². The van der Waals surface area contributed by atoms with E-state index in [-0.39, 0.29) is 0 Å². The molecule has 0 spiro atoms. The van der Waals surface area contributed by atoms with Crippen LogP contribution in [0.5, 0.6) is 0 Å². The zero-order valence-corrected chi connectivity index (χ0v) is 26.0. The molecular weight excluding hydrogens is 585 g/mol. The van der Waals surface area contributed by atoms with E-state index < -0.39 is 0 Å². The number of rotatable bonds is 5. The lowest BCUT2D eigenvalue weighted by atomic mass is 9.88. The van der Waals surface area contributed by atoms with Gasteiger partial charge in [0.1, 0.15) is 5.69 Å². The maximum absolute atomic E-state index is 4.95. The van der Waals surface area contributed by atoms with E-state index in [1.54, 1.807) is 0 Å². The Bertz CT molecular complexity index is 2520. The molecule has 9 aromatic rings. The van der Waals surface area contributed by atoms with Gasteiger partial charge in [0.25, 0.3) is 0 Å². The van der Waals surface area contributed by atoms with Gasteiger partial charge in [-0.3, -0.25) is 4.98 Å². The summed E-state index contributed by atoms with van der Waals surface area (Å²) in [6, 6.07) is 56.9. The fourth-order valence-electron chi connectivity index (χ4n) is 6.66. The van der Waals surface area contributed by atoms with Gasteiger partial charge in [0, 0.05) is 22.9 Å². The Balaban J connectivity index is 1.21. The van der Waals surface area contributed by atoms with Gasteiger partial charge in [0.05, 0.1) is 0 Å². The molecule has 48 heavy (non-hydrogen) atoms. The standard InChI is InChI=1S/C44H28N4/c1-4-14-29(15-5-1)37-26-39-36-23-13-11-21-34(36)38(27-40(39)35-22-12-10-20-33(35)37)32-24-25-41(45-28-32)44-47-42(30-16-6-2-7-17-30)46-43(48-44)31-18-8-3-9-19-31/h1-28H. The minimum atomic E-state index is 0.539. The van der Waals surface area contributed by atoms with Crippen LogP contribution in [0, 0.1) is 0 Å². The number of fused-ring (bicyclic) bond motifs is 5. The van der Waals surface area contributed by atoms with Crippen molar-refractivity contribution in [2.45, 2.75) is 0 Å². The molecule has 0 fully saturated rings. The maximum Gasteiger partial charge on any atom is 0.182 e. The first kappa shape index (κ1) is 27.8. The lowest BCUT2D eigenvalue weighted by Crippen LogP contribution is -2.01. The van der Waals surface area contributed by atoms with E-state index in [1.807, 2.05) is 72.9 Å². The van der Waals surface area contributed by atoms with E-state index in [2.05, 4.69) is 97.1 Å². The molecule has 4 heteroatoms. The average Bonchev–Trinajstić information content (AvgIpc) is 3.18. The van der Waals surface area contributed by atoms with Gasteiger partial charge < -0.3 is 0 Å². The molecule has 0 saturated carbocycles.